The first-order valence-electron chi connectivity index (χ1n) is 8.20. The van der Waals surface area contributed by atoms with Crippen molar-refractivity contribution in [3.63, 3.8) is 0 Å². The van der Waals surface area contributed by atoms with Crippen molar-refractivity contribution in [1.29, 1.82) is 5.26 Å². The summed E-state index contributed by atoms with van der Waals surface area (Å²) in [5.41, 5.74) is -6.16. The van der Waals surface area contributed by atoms with Gasteiger partial charge in [-0.3, -0.25) is 9.69 Å². The molecule has 1 unspecified atom stereocenters. The summed E-state index contributed by atoms with van der Waals surface area (Å²) in [6.45, 7) is 4.87. The van der Waals surface area contributed by atoms with Crippen LogP contribution in [0.1, 0.15) is 24.2 Å². The van der Waals surface area contributed by atoms with E-state index in [-0.39, 0.29) is 25.0 Å². The van der Waals surface area contributed by atoms with E-state index in [0.29, 0.717) is 13.1 Å². The molecule has 2 rings (SSSR count). The number of hydrogen-bond acceptors (Lipinski definition) is 6. The Morgan fingerprint density at radius 1 is 1.26 bits per heavy atom. The molecule has 27 heavy (non-hydrogen) atoms. The van der Waals surface area contributed by atoms with Gasteiger partial charge in [-0.05, 0) is 18.1 Å². The molecule has 0 N–H and O–H groups in total. The summed E-state index contributed by atoms with van der Waals surface area (Å²) in [4.78, 5) is 19.1. The normalized spacial score (nSPS) is 17.6. The second kappa shape index (κ2) is 7.82. The molecule has 0 aromatic carbocycles. The highest BCUT2D eigenvalue weighted by Gasteiger charge is 2.49. The Morgan fingerprint density at radius 2 is 1.85 bits per heavy atom. The lowest BCUT2D eigenvalue weighted by atomic mass is 10.0. The molecule has 1 aliphatic heterocycles. The fourth-order valence-electron chi connectivity index (χ4n) is 2.90. The first-order chi connectivity index (χ1) is 12.5. The lowest BCUT2D eigenvalue weighted by molar-refractivity contribution is -0.0438. The molecular weight excluding hydrogens is 385 g/mol. The molecule has 1 aromatic rings. The highest BCUT2D eigenvalue weighted by Crippen LogP contribution is 2.31. The van der Waals surface area contributed by atoms with Gasteiger partial charge in [-0.2, -0.15) is 18.4 Å². The zero-order valence-electron chi connectivity index (χ0n) is 14.8. The van der Waals surface area contributed by atoms with Gasteiger partial charge in [-0.1, -0.05) is 13.8 Å². The summed E-state index contributed by atoms with van der Waals surface area (Å²) in [7, 11) is -5.74. The molecule has 0 bridgehead atoms. The molecular formula is C16H19F3N4O3S. The predicted octanol–water partition coefficient (Wildman–Crippen LogP) is 1.68. The van der Waals surface area contributed by atoms with E-state index in [1.165, 1.54) is 11.0 Å². The molecule has 1 aliphatic rings. The molecule has 1 atom stereocenters. The van der Waals surface area contributed by atoms with Gasteiger partial charge >= 0.3 is 5.51 Å². The van der Waals surface area contributed by atoms with Gasteiger partial charge in [0.25, 0.3) is 15.7 Å². The number of amides is 1. The minimum atomic E-state index is -5.74. The van der Waals surface area contributed by atoms with Crippen LogP contribution >= 0.6 is 0 Å². The smallest absolute Gasteiger partial charge is 0.336 e. The topological polar surface area (TPSA) is 94.4 Å². The number of carbonyl (C=O) groups excluding carboxylic acids is 1. The lowest BCUT2D eigenvalue weighted by Crippen LogP contribution is -2.53. The summed E-state index contributed by atoms with van der Waals surface area (Å²) >= 11 is 0. The van der Waals surface area contributed by atoms with Crippen molar-refractivity contribution in [2.75, 3.05) is 26.2 Å². The van der Waals surface area contributed by atoms with E-state index in [4.69, 9.17) is 0 Å². The molecule has 2 heterocycles. The number of hydrogen-bond donors (Lipinski definition) is 0. The van der Waals surface area contributed by atoms with Crippen LogP contribution in [0.3, 0.4) is 0 Å². The summed E-state index contributed by atoms with van der Waals surface area (Å²) in [6.07, 6.45) is 0.896. The molecule has 0 saturated carbocycles. The van der Waals surface area contributed by atoms with E-state index < -0.39 is 31.8 Å². The van der Waals surface area contributed by atoms with Crippen molar-refractivity contribution in [3.05, 3.63) is 23.9 Å². The van der Waals surface area contributed by atoms with E-state index in [2.05, 4.69) is 11.1 Å². The van der Waals surface area contributed by atoms with Gasteiger partial charge in [-0.25, -0.2) is 13.4 Å². The molecule has 1 aromatic heterocycles. The summed E-state index contributed by atoms with van der Waals surface area (Å²) < 4.78 is 62.0. The second-order valence-corrected chi connectivity index (χ2v) is 8.31. The molecule has 0 aliphatic carbocycles. The van der Waals surface area contributed by atoms with E-state index >= 15 is 0 Å². The van der Waals surface area contributed by atoms with Crippen LogP contribution in [0.15, 0.2) is 23.4 Å². The summed E-state index contributed by atoms with van der Waals surface area (Å²) in [6, 6.07) is 4.10. The van der Waals surface area contributed by atoms with Gasteiger partial charge in [0.05, 0.1) is 11.6 Å². The average molecular weight is 404 g/mol. The summed E-state index contributed by atoms with van der Waals surface area (Å²) in [5.74, 6) is -0.747. The van der Waals surface area contributed by atoms with Crippen molar-refractivity contribution in [2.45, 2.75) is 30.4 Å². The molecule has 0 spiro atoms. The fourth-order valence-corrected chi connectivity index (χ4v) is 3.77. The van der Waals surface area contributed by atoms with Gasteiger partial charge in [0.1, 0.15) is 6.04 Å². The number of sulfone groups is 1. The minimum absolute atomic E-state index is 0.0825. The molecule has 1 amide bonds. The van der Waals surface area contributed by atoms with E-state index in [1.807, 2.05) is 18.7 Å². The van der Waals surface area contributed by atoms with Crippen molar-refractivity contribution in [2.24, 2.45) is 5.92 Å². The number of halogens is 3. The monoisotopic (exact) mass is 404 g/mol. The molecule has 1 saturated heterocycles. The Bertz CT molecular complexity index is 841. The number of piperazine rings is 1. The maximum atomic E-state index is 12.9. The van der Waals surface area contributed by atoms with Crippen LogP contribution in [-0.2, 0) is 9.84 Å². The number of carbonyl (C=O) groups is 1. The van der Waals surface area contributed by atoms with Crippen LogP contribution in [0.25, 0.3) is 0 Å². The third kappa shape index (κ3) is 4.22. The van der Waals surface area contributed by atoms with Crippen molar-refractivity contribution < 1.29 is 26.4 Å². The Balaban J connectivity index is 2.23. The SMILES string of the molecule is CC(C)C(C#N)N1CCN(C(=O)c2cccnc2S(=O)(=O)C(F)(F)F)CC1. The van der Waals surface area contributed by atoms with E-state index in [9.17, 15) is 31.6 Å². The maximum Gasteiger partial charge on any atom is 0.503 e. The quantitative estimate of drug-likeness (QED) is 0.758. The highest BCUT2D eigenvalue weighted by atomic mass is 32.2. The van der Waals surface area contributed by atoms with Crippen LogP contribution in [0.4, 0.5) is 13.2 Å². The van der Waals surface area contributed by atoms with Crippen LogP contribution in [0, 0.1) is 17.2 Å². The third-order valence-electron chi connectivity index (χ3n) is 4.32. The van der Waals surface area contributed by atoms with Gasteiger partial charge in [0, 0.05) is 32.4 Å². The first kappa shape index (κ1) is 21.1. The number of rotatable bonds is 4. The average Bonchev–Trinajstić information content (AvgIpc) is 2.61. The molecule has 11 heteroatoms. The molecule has 1 fully saturated rings. The number of alkyl halides is 3. The zero-order chi connectivity index (χ0) is 20.4. The highest BCUT2D eigenvalue weighted by molar-refractivity contribution is 7.92. The molecule has 0 radical (unpaired) electrons. The predicted molar refractivity (Wildman–Crippen MR) is 89.2 cm³/mol. The maximum absolute atomic E-state index is 12.9. The number of aromatic nitrogens is 1. The van der Waals surface area contributed by atoms with Gasteiger partial charge < -0.3 is 4.90 Å². The Hall–Kier alpha value is -2.19. The van der Waals surface area contributed by atoms with Crippen molar-refractivity contribution >= 4 is 15.7 Å². The van der Waals surface area contributed by atoms with Crippen LogP contribution in [0.5, 0.6) is 0 Å². The standard InChI is InChI=1S/C16H19F3N4O3S/c1-11(2)13(10-20)22-6-8-23(9-7-22)15(24)12-4-3-5-21-14(12)27(25,26)16(17,18)19/h3-5,11,13H,6-9H2,1-2H3. The van der Waals surface area contributed by atoms with Gasteiger partial charge in [0.2, 0.25) is 0 Å². The second-order valence-electron chi connectivity index (χ2n) is 6.45. The third-order valence-corrected chi connectivity index (χ3v) is 5.76. The number of pyridine rings is 1. The Morgan fingerprint density at radius 3 is 2.33 bits per heavy atom. The Labute approximate surface area is 155 Å². The van der Waals surface area contributed by atoms with Crippen LogP contribution in [-0.4, -0.2) is 66.8 Å². The van der Waals surface area contributed by atoms with Crippen molar-refractivity contribution in [1.82, 2.24) is 14.8 Å². The molecule has 148 valence electrons. The fraction of sp³-hybridized carbons (Fsp3) is 0.562. The van der Waals surface area contributed by atoms with Gasteiger partial charge in [0.15, 0.2) is 5.03 Å². The lowest BCUT2D eigenvalue weighted by Gasteiger charge is -2.38. The van der Waals surface area contributed by atoms with Crippen LogP contribution in [0.2, 0.25) is 0 Å². The number of nitriles is 1. The first-order valence-corrected chi connectivity index (χ1v) is 9.68. The van der Waals surface area contributed by atoms with Crippen LogP contribution < -0.4 is 0 Å². The summed E-state index contributed by atoms with van der Waals surface area (Å²) in [5, 5.41) is 7.96. The Kier molecular flexibility index (Phi) is 6.11. The van der Waals surface area contributed by atoms with E-state index in [1.54, 1.807) is 0 Å². The van der Waals surface area contributed by atoms with Gasteiger partial charge in [-0.15, -0.1) is 0 Å². The molecule has 7 nitrogen and oxygen atoms in total. The zero-order valence-corrected chi connectivity index (χ0v) is 15.6. The minimum Gasteiger partial charge on any atom is -0.336 e. The van der Waals surface area contributed by atoms with E-state index in [0.717, 1.165) is 12.3 Å². The van der Waals surface area contributed by atoms with Crippen molar-refractivity contribution in [3.8, 4) is 6.07 Å². The number of nitrogens with zero attached hydrogens (tertiary/aromatic N) is 4. The largest absolute Gasteiger partial charge is 0.503 e.